The number of hydrogen-bond donors (Lipinski definition) is 0. The maximum Gasteiger partial charge on any atom is 0.417 e. The lowest BCUT2D eigenvalue weighted by atomic mass is 10.00. The third-order valence-corrected chi connectivity index (χ3v) is 3.10. The highest BCUT2D eigenvalue weighted by molar-refractivity contribution is 6.83. The van der Waals surface area contributed by atoms with Gasteiger partial charge in [0.25, 0.3) is 0 Å². The molecule has 1 atom stereocenters. The summed E-state index contributed by atoms with van der Waals surface area (Å²) in [5, 5.41) is 0. The van der Waals surface area contributed by atoms with Gasteiger partial charge in [-0.2, -0.15) is 0 Å². The lowest BCUT2D eigenvalue weighted by Gasteiger charge is -2.19. The molecule has 1 heterocycles. The summed E-state index contributed by atoms with van der Waals surface area (Å²) < 4.78 is 4.58. The number of hydrogen-bond acceptors (Lipinski definition) is 3. The van der Waals surface area contributed by atoms with Crippen molar-refractivity contribution < 1.29 is 14.3 Å². The number of allylic oxidation sites excluding steroid dienone is 2. The molecule has 0 bridgehead atoms. The Hall–Kier alpha value is -1.80. The molecule has 4 nitrogen and oxygen atoms in total. The molecule has 0 N–H and O–H groups in total. The molecule has 0 spiro atoms. The molecule has 0 aromatic heterocycles. The van der Waals surface area contributed by atoms with Gasteiger partial charge in [0, 0.05) is 18.0 Å². The lowest BCUT2D eigenvalue weighted by molar-refractivity contribution is -0.105. The topological polar surface area (TPSA) is 46.6 Å². The fourth-order valence-electron chi connectivity index (χ4n) is 1.32. The number of nitrogens with zero attached hydrogens (tertiary/aromatic N) is 1. The van der Waals surface area contributed by atoms with Crippen LogP contribution in [0.25, 0.3) is 0 Å². The van der Waals surface area contributed by atoms with Gasteiger partial charge in [0.1, 0.15) is 14.4 Å². The molecular weight excluding hydrogens is 246 g/mol. The first-order valence-electron chi connectivity index (χ1n) is 5.61. The van der Waals surface area contributed by atoms with Crippen molar-refractivity contribution in [2.75, 3.05) is 7.11 Å². The highest BCUT2D eigenvalue weighted by Gasteiger charge is 2.19. The number of carbonyl (C=O) groups excluding carboxylic acids is 2. The van der Waals surface area contributed by atoms with Crippen molar-refractivity contribution in [3.63, 3.8) is 0 Å². The molecular formula is C13H17NO3Si. The van der Waals surface area contributed by atoms with Crippen LogP contribution >= 0.6 is 0 Å². The van der Waals surface area contributed by atoms with Crippen LogP contribution in [0.15, 0.2) is 24.0 Å². The number of aldehydes is 1. The van der Waals surface area contributed by atoms with Gasteiger partial charge in [-0.1, -0.05) is 25.6 Å². The molecule has 1 amide bonds. The second kappa shape index (κ2) is 5.69. The van der Waals surface area contributed by atoms with E-state index in [2.05, 4.69) is 35.8 Å². The molecule has 0 aromatic carbocycles. The van der Waals surface area contributed by atoms with E-state index < -0.39 is 14.2 Å². The second-order valence-corrected chi connectivity index (χ2v) is 9.71. The molecule has 5 heteroatoms. The predicted molar refractivity (Wildman–Crippen MR) is 72.1 cm³/mol. The van der Waals surface area contributed by atoms with Crippen molar-refractivity contribution >= 4 is 20.5 Å². The van der Waals surface area contributed by atoms with Gasteiger partial charge in [0.05, 0.1) is 13.0 Å². The Balaban J connectivity index is 2.93. The first-order chi connectivity index (χ1) is 8.37. The van der Waals surface area contributed by atoms with Gasteiger partial charge in [0.15, 0.2) is 0 Å². The van der Waals surface area contributed by atoms with Crippen LogP contribution in [0.4, 0.5) is 4.79 Å². The van der Waals surface area contributed by atoms with Crippen LogP contribution in [0.5, 0.6) is 0 Å². The molecule has 0 fully saturated rings. The average Bonchev–Trinajstić information content (AvgIpc) is 2.34. The summed E-state index contributed by atoms with van der Waals surface area (Å²) in [6, 6.07) is 0. The van der Waals surface area contributed by atoms with E-state index in [4.69, 9.17) is 0 Å². The zero-order valence-corrected chi connectivity index (χ0v) is 12.1. The van der Waals surface area contributed by atoms with Gasteiger partial charge < -0.3 is 4.74 Å². The third kappa shape index (κ3) is 3.89. The molecule has 0 saturated heterocycles. The Morgan fingerprint density at radius 2 is 2.17 bits per heavy atom. The summed E-state index contributed by atoms with van der Waals surface area (Å²) in [5.74, 6) is 2.85. The van der Waals surface area contributed by atoms with Crippen LogP contribution in [0.1, 0.15) is 0 Å². The minimum atomic E-state index is -1.47. The van der Waals surface area contributed by atoms with Crippen LogP contribution in [-0.2, 0) is 9.53 Å². The van der Waals surface area contributed by atoms with Gasteiger partial charge in [-0.15, -0.1) is 5.54 Å². The number of ether oxygens (including phenoxy) is 1. The molecule has 1 aliphatic rings. The van der Waals surface area contributed by atoms with Gasteiger partial charge in [-0.25, -0.2) is 4.79 Å². The van der Waals surface area contributed by atoms with Crippen molar-refractivity contribution in [1.82, 2.24) is 4.90 Å². The smallest absolute Gasteiger partial charge is 0.417 e. The van der Waals surface area contributed by atoms with E-state index in [-0.39, 0.29) is 5.92 Å². The minimum absolute atomic E-state index is 0.241. The van der Waals surface area contributed by atoms with Crippen molar-refractivity contribution in [3.05, 3.63) is 24.0 Å². The largest absolute Gasteiger partial charge is 0.452 e. The van der Waals surface area contributed by atoms with Crippen molar-refractivity contribution in [1.29, 1.82) is 0 Å². The SMILES string of the molecule is COC(=O)N1C=C[C@H](C#C[Si](C)(C)C)C(C=O)=C1. The van der Waals surface area contributed by atoms with E-state index in [0.717, 1.165) is 6.29 Å². The van der Waals surface area contributed by atoms with Crippen LogP contribution < -0.4 is 0 Å². The standard InChI is InChI=1S/C13H17NO3Si/c1-17-13(16)14-7-5-11(12(9-14)10-15)6-8-18(2,3)4/h5,7,9-11H,1-4H3/t11-/m1/s1. The zero-order valence-electron chi connectivity index (χ0n) is 11.1. The maximum absolute atomic E-state index is 11.3. The van der Waals surface area contributed by atoms with E-state index in [1.807, 2.05) is 0 Å². The van der Waals surface area contributed by atoms with E-state index >= 15 is 0 Å². The van der Waals surface area contributed by atoms with Gasteiger partial charge in [-0.05, 0) is 6.08 Å². The minimum Gasteiger partial charge on any atom is -0.452 e. The van der Waals surface area contributed by atoms with Crippen molar-refractivity contribution in [2.24, 2.45) is 5.92 Å². The summed E-state index contributed by atoms with van der Waals surface area (Å²) in [7, 11) is -0.179. The Kier molecular flexibility index (Phi) is 4.51. The molecule has 0 aromatic rings. The fraction of sp³-hybridized carbons (Fsp3) is 0.385. The van der Waals surface area contributed by atoms with E-state index in [0.29, 0.717) is 5.57 Å². The summed E-state index contributed by atoms with van der Waals surface area (Å²) in [5.41, 5.74) is 3.68. The first kappa shape index (κ1) is 14.3. The molecule has 0 unspecified atom stereocenters. The number of carbonyl (C=O) groups is 2. The van der Waals surface area contributed by atoms with Gasteiger partial charge in [0.2, 0.25) is 0 Å². The number of methoxy groups -OCH3 is 1. The molecule has 1 rings (SSSR count). The van der Waals surface area contributed by atoms with Crippen LogP contribution in [0, 0.1) is 17.4 Å². The van der Waals surface area contributed by atoms with Gasteiger partial charge >= 0.3 is 6.09 Å². The molecule has 0 aliphatic carbocycles. The maximum atomic E-state index is 11.3. The van der Waals surface area contributed by atoms with E-state index in [1.54, 1.807) is 12.3 Å². The monoisotopic (exact) mass is 263 g/mol. The number of amides is 1. The van der Waals surface area contributed by atoms with Crippen LogP contribution in [-0.4, -0.2) is 32.5 Å². The first-order valence-corrected chi connectivity index (χ1v) is 9.11. The molecule has 0 saturated carbocycles. The fourth-order valence-corrected chi connectivity index (χ4v) is 1.91. The Morgan fingerprint density at radius 3 is 2.67 bits per heavy atom. The summed E-state index contributed by atoms with van der Waals surface area (Å²) >= 11 is 0. The van der Waals surface area contributed by atoms with Crippen LogP contribution in [0.3, 0.4) is 0 Å². The molecule has 0 radical (unpaired) electrons. The normalized spacial score (nSPS) is 18.6. The van der Waals surface area contributed by atoms with Crippen LogP contribution in [0.2, 0.25) is 19.6 Å². The third-order valence-electron chi connectivity index (χ3n) is 2.21. The summed E-state index contributed by atoms with van der Waals surface area (Å²) in [4.78, 5) is 23.6. The van der Waals surface area contributed by atoms with Gasteiger partial charge in [-0.3, -0.25) is 9.69 Å². The average molecular weight is 263 g/mol. The molecule has 18 heavy (non-hydrogen) atoms. The quantitative estimate of drug-likeness (QED) is 0.414. The molecule has 1 aliphatic heterocycles. The Bertz CT molecular complexity index is 463. The predicted octanol–water partition coefficient (Wildman–Crippen LogP) is 2.16. The second-order valence-electron chi connectivity index (χ2n) is 4.96. The van der Waals surface area contributed by atoms with E-state index in [1.165, 1.54) is 18.2 Å². The number of rotatable bonds is 1. The summed E-state index contributed by atoms with van der Waals surface area (Å²) in [6.07, 6.45) is 4.96. The highest BCUT2D eigenvalue weighted by Crippen LogP contribution is 2.18. The lowest BCUT2D eigenvalue weighted by Crippen LogP contribution is -2.25. The Morgan fingerprint density at radius 1 is 1.50 bits per heavy atom. The Labute approximate surface area is 108 Å². The van der Waals surface area contributed by atoms with Crippen molar-refractivity contribution in [3.8, 4) is 11.5 Å². The van der Waals surface area contributed by atoms with E-state index in [9.17, 15) is 9.59 Å². The summed E-state index contributed by atoms with van der Waals surface area (Å²) in [6.45, 7) is 6.41. The highest BCUT2D eigenvalue weighted by atomic mass is 28.3. The molecule has 96 valence electrons. The van der Waals surface area contributed by atoms with Crippen molar-refractivity contribution in [2.45, 2.75) is 19.6 Å². The zero-order chi connectivity index (χ0) is 13.8.